The number of rotatable bonds is 5. The summed E-state index contributed by atoms with van der Waals surface area (Å²) < 4.78 is 0. The number of benzene rings is 2. The zero-order valence-corrected chi connectivity index (χ0v) is 15.3. The zero-order valence-electron chi connectivity index (χ0n) is 14.5. The lowest BCUT2D eigenvalue weighted by Gasteiger charge is -2.23. The molecule has 2 aromatic rings. The monoisotopic (exact) mass is 367 g/mol. The van der Waals surface area contributed by atoms with Gasteiger partial charge in [-0.25, -0.2) is 0 Å². The quantitative estimate of drug-likeness (QED) is 0.871. The Balaban J connectivity index is 1.46. The lowest BCUT2D eigenvalue weighted by molar-refractivity contribution is -0.116. The molecule has 2 heterocycles. The van der Waals surface area contributed by atoms with Gasteiger partial charge in [0.15, 0.2) is 0 Å². The van der Waals surface area contributed by atoms with Gasteiger partial charge in [0, 0.05) is 37.5 Å². The van der Waals surface area contributed by atoms with Crippen LogP contribution in [0.3, 0.4) is 0 Å². The van der Waals surface area contributed by atoms with Crippen molar-refractivity contribution in [2.75, 3.05) is 35.6 Å². The van der Waals surface area contributed by atoms with E-state index in [2.05, 4.69) is 28.4 Å². The van der Waals surface area contributed by atoms with Crippen molar-refractivity contribution in [2.24, 2.45) is 0 Å². The lowest BCUT2D eigenvalue weighted by Crippen LogP contribution is -2.28. The van der Waals surface area contributed by atoms with E-state index in [1.165, 1.54) is 23.0 Å². The number of nitrogens with one attached hydrogen (secondary N) is 1. The molecule has 1 saturated heterocycles. The van der Waals surface area contributed by atoms with E-state index in [9.17, 15) is 9.59 Å². The maximum Gasteiger partial charge on any atom is 0.281 e. The highest BCUT2D eigenvalue weighted by atomic mass is 32.2. The number of hydrogen-bond donors (Lipinski definition) is 1. The van der Waals surface area contributed by atoms with E-state index in [0.29, 0.717) is 13.0 Å². The number of carbonyl (C=O) groups excluding carboxylic acids is 2. The summed E-state index contributed by atoms with van der Waals surface area (Å²) >= 11 is 1.32. The van der Waals surface area contributed by atoms with Gasteiger partial charge in [0.1, 0.15) is 0 Å². The highest BCUT2D eigenvalue weighted by Gasteiger charge is 2.23. The summed E-state index contributed by atoms with van der Waals surface area (Å²) in [5.74, 6) is 0.757. The van der Waals surface area contributed by atoms with Crippen LogP contribution in [0.15, 0.2) is 48.5 Å². The molecule has 1 N–H and O–H groups in total. The van der Waals surface area contributed by atoms with Crippen LogP contribution in [0.5, 0.6) is 0 Å². The third kappa shape index (κ3) is 3.42. The summed E-state index contributed by atoms with van der Waals surface area (Å²) in [6, 6.07) is 16.3. The van der Waals surface area contributed by atoms with E-state index in [0.717, 1.165) is 36.6 Å². The highest BCUT2D eigenvalue weighted by molar-refractivity contribution is 8.13. The van der Waals surface area contributed by atoms with Gasteiger partial charge in [-0.05, 0) is 30.2 Å². The summed E-state index contributed by atoms with van der Waals surface area (Å²) in [6.45, 7) is 2.12. The third-order valence-electron chi connectivity index (χ3n) is 4.81. The van der Waals surface area contributed by atoms with Crippen molar-refractivity contribution < 1.29 is 9.59 Å². The van der Waals surface area contributed by atoms with Gasteiger partial charge in [-0.2, -0.15) is 0 Å². The molecule has 0 saturated carbocycles. The molecule has 6 heteroatoms. The maximum absolute atomic E-state index is 12.4. The van der Waals surface area contributed by atoms with Crippen LogP contribution in [0.2, 0.25) is 0 Å². The summed E-state index contributed by atoms with van der Waals surface area (Å²) in [5, 5.41) is 3.11. The van der Waals surface area contributed by atoms with Crippen LogP contribution in [0.1, 0.15) is 12.0 Å². The maximum atomic E-state index is 12.4. The molecule has 0 aromatic heterocycles. The van der Waals surface area contributed by atoms with Gasteiger partial charge in [0.25, 0.3) is 5.24 Å². The molecule has 2 aliphatic rings. The predicted molar refractivity (Wildman–Crippen MR) is 106 cm³/mol. The molecular weight excluding hydrogens is 346 g/mol. The average Bonchev–Trinajstić information content (AvgIpc) is 3.26. The number of carbonyl (C=O) groups is 2. The first-order valence-corrected chi connectivity index (χ1v) is 9.87. The number of para-hydroxylation sites is 3. The Morgan fingerprint density at radius 3 is 2.62 bits per heavy atom. The minimum absolute atomic E-state index is 0.0605. The molecule has 2 amide bonds. The molecule has 0 aliphatic carbocycles. The Hall–Kier alpha value is -2.47. The van der Waals surface area contributed by atoms with Crippen LogP contribution in [0.25, 0.3) is 0 Å². The second-order valence-corrected chi connectivity index (χ2v) is 7.49. The van der Waals surface area contributed by atoms with Crippen LogP contribution in [0, 0.1) is 0 Å². The van der Waals surface area contributed by atoms with E-state index >= 15 is 0 Å². The minimum atomic E-state index is -0.0605. The number of nitrogens with zero attached hydrogens (tertiary/aromatic N) is 2. The van der Waals surface area contributed by atoms with Gasteiger partial charge in [-0.3, -0.25) is 9.59 Å². The second-order valence-electron chi connectivity index (χ2n) is 6.45. The average molecular weight is 367 g/mol. The van der Waals surface area contributed by atoms with Crippen molar-refractivity contribution in [3.05, 3.63) is 54.1 Å². The Labute approximate surface area is 157 Å². The fourth-order valence-corrected chi connectivity index (χ4v) is 4.33. The van der Waals surface area contributed by atoms with E-state index < -0.39 is 0 Å². The molecule has 26 heavy (non-hydrogen) atoms. The third-order valence-corrected chi connectivity index (χ3v) is 5.70. The van der Waals surface area contributed by atoms with E-state index in [-0.39, 0.29) is 11.1 Å². The Bertz CT molecular complexity index is 839. The highest BCUT2D eigenvalue weighted by Crippen LogP contribution is 2.38. The smallest absolute Gasteiger partial charge is 0.281 e. The summed E-state index contributed by atoms with van der Waals surface area (Å²) in [6.07, 6.45) is 1.32. The molecular formula is C20H21N3O2S. The molecule has 5 nitrogen and oxygen atoms in total. The van der Waals surface area contributed by atoms with Crippen molar-refractivity contribution in [3.63, 3.8) is 0 Å². The van der Waals surface area contributed by atoms with E-state index in [1.54, 1.807) is 4.90 Å². The molecule has 0 unspecified atom stereocenters. The number of fused-ring (bicyclic) bond motifs is 1. The largest absolute Gasteiger partial charge is 0.339 e. The molecule has 0 spiro atoms. The van der Waals surface area contributed by atoms with Gasteiger partial charge in [-0.15, -0.1) is 0 Å². The van der Waals surface area contributed by atoms with Crippen LogP contribution < -0.4 is 10.2 Å². The summed E-state index contributed by atoms with van der Waals surface area (Å²) in [5.41, 5.74) is 4.36. The van der Waals surface area contributed by atoms with Crippen LogP contribution in [-0.4, -0.2) is 41.4 Å². The summed E-state index contributed by atoms with van der Waals surface area (Å²) in [4.78, 5) is 28.1. The second kappa shape index (κ2) is 7.41. The molecule has 4 rings (SSSR count). The first-order chi connectivity index (χ1) is 12.7. The van der Waals surface area contributed by atoms with Gasteiger partial charge in [0.2, 0.25) is 5.91 Å². The van der Waals surface area contributed by atoms with Crippen molar-refractivity contribution in [1.82, 2.24) is 4.90 Å². The van der Waals surface area contributed by atoms with Crippen molar-refractivity contribution in [3.8, 4) is 0 Å². The molecule has 0 bridgehead atoms. The molecule has 0 radical (unpaired) electrons. The fraction of sp³-hybridized carbons (Fsp3) is 0.300. The van der Waals surface area contributed by atoms with Gasteiger partial charge < -0.3 is 15.1 Å². The molecule has 2 aliphatic heterocycles. The number of anilines is 3. The fourth-order valence-electron chi connectivity index (χ4n) is 3.48. The Morgan fingerprint density at radius 1 is 1.04 bits per heavy atom. The van der Waals surface area contributed by atoms with Crippen LogP contribution in [-0.2, 0) is 11.2 Å². The zero-order chi connectivity index (χ0) is 17.9. The minimum Gasteiger partial charge on any atom is -0.339 e. The number of amides is 2. The Morgan fingerprint density at radius 2 is 1.81 bits per heavy atom. The lowest BCUT2D eigenvalue weighted by atomic mass is 10.1. The molecule has 134 valence electrons. The molecule has 2 aromatic carbocycles. The van der Waals surface area contributed by atoms with Crippen molar-refractivity contribution >= 4 is 40.0 Å². The predicted octanol–water partition coefficient (Wildman–Crippen LogP) is 3.88. The van der Waals surface area contributed by atoms with Crippen LogP contribution in [0.4, 0.5) is 21.9 Å². The Kier molecular flexibility index (Phi) is 4.84. The van der Waals surface area contributed by atoms with E-state index in [4.69, 9.17) is 0 Å². The van der Waals surface area contributed by atoms with E-state index in [1.807, 2.05) is 30.3 Å². The first-order valence-electron chi connectivity index (χ1n) is 8.88. The normalized spacial score (nSPS) is 16.1. The summed E-state index contributed by atoms with van der Waals surface area (Å²) in [7, 11) is 0. The van der Waals surface area contributed by atoms with Gasteiger partial charge in [0.05, 0.1) is 11.4 Å². The van der Waals surface area contributed by atoms with Gasteiger partial charge in [-0.1, -0.05) is 42.1 Å². The SMILES string of the molecule is O=C(CCN1CCSC1=O)Nc1ccccc1N1CCc2ccccc21. The van der Waals surface area contributed by atoms with Crippen molar-refractivity contribution in [1.29, 1.82) is 0 Å². The van der Waals surface area contributed by atoms with Crippen LogP contribution >= 0.6 is 11.8 Å². The molecule has 0 atom stereocenters. The van der Waals surface area contributed by atoms with Crippen molar-refractivity contribution in [2.45, 2.75) is 12.8 Å². The topological polar surface area (TPSA) is 52.7 Å². The number of thioether (sulfide) groups is 1. The first kappa shape index (κ1) is 17.0. The van der Waals surface area contributed by atoms with Gasteiger partial charge >= 0.3 is 0 Å². The molecule has 1 fully saturated rings. The number of hydrogen-bond acceptors (Lipinski definition) is 4. The standard InChI is InChI=1S/C20H21N3O2S/c24-19(10-11-22-13-14-26-20(22)25)21-16-6-2-4-8-18(16)23-12-9-15-5-1-3-7-17(15)23/h1-8H,9-14H2,(H,21,24).